The minimum atomic E-state index is 0.00529. The highest BCUT2D eigenvalue weighted by atomic mass is 16.4. The second-order valence-corrected chi connectivity index (χ2v) is 6.09. The molecule has 2 heterocycles. The molecular formula is C14H22N2O2. The second kappa shape index (κ2) is 4.75. The van der Waals surface area contributed by atoms with E-state index >= 15 is 0 Å². The lowest BCUT2D eigenvalue weighted by molar-refractivity contribution is -0.129. The van der Waals surface area contributed by atoms with Gasteiger partial charge in [0.25, 0.3) is 0 Å². The molecule has 2 rings (SSSR count). The Morgan fingerprint density at radius 3 is 2.44 bits per heavy atom. The Morgan fingerprint density at radius 2 is 2.00 bits per heavy atom. The molecule has 0 N–H and O–H groups in total. The van der Waals surface area contributed by atoms with Crippen molar-refractivity contribution >= 4 is 5.91 Å². The van der Waals surface area contributed by atoms with E-state index in [1.54, 1.807) is 6.92 Å². The van der Waals surface area contributed by atoms with Crippen LogP contribution in [-0.2, 0) is 10.2 Å². The number of nitrogens with zero attached hydrogens (tertiary/aromatic N) is 2. The maximum atomic E-state index is 11.3. The van der Waals surface area contributed by atoms with Crippen molar-refractivity contribution in [3.05, 3.63) is 17.8 Å². The highest BCUT2D eigenvalue weighted by Crippen LogP contribution is 2.30. The standard InChI is InChI=1S/C14H22N2O2/c1-10(17)16-7-5-11(6-8-16)13-15-9-12(18-13)14(2,3)4/h9,11H,5-8H2,1-4H3. The summed E-state index contributed by atoms with van der Waals surface area (Å²) in [5.41, 5.74) is 0.00529. The smallest absolute Gasteiger partial charge is 0.219 e. The number of amides is 1. The SMILES string of the molecule is CC(=O)N1CCC(c2ncc(C(C)(C)C)o2)CC1. The van der Waals surface area contributed by atoms with Crippen molar-refractivity contribution in [1.29, 1.82) is 0 Å². The van der Waals surface area contributed by atoms with E-state index in [1.807, 2.05) is 11.1 Å². The summed E-state index contributed by atoms with van der Waals surface area (Å²) >= 11 is 0. The van der Waals surface area contributed by atoms with Gasteiger partial charge in [-0.05, 0) is 12.8 Å². The Bertz CT molecular complexity index is 423. The molecule has 0 spiro atoms. The molecule has 0 aliphatic carbocycles. The predicted molar refractivity (Wildman–Crippen MR) is 69.4 cm³/mol. The summed E-state index contributed by atoms with van der Waals surface area (Å²) in [6.45, 7) is 9.62. The first-order valence-corrected chi connectivity index (χ1v) is 6.59. The summed E-state index contributed by atoms with van der Waals surface area (Å²) < 4.78 is 5.87. The minimum Gasteiger partial charge on any atom is -0.445 e. The molecule has 0 aromatic carbocycles. The molecule has 18 heavy (non-hydrogen) atoms. The first kappa shape index (κ1) is 13.1. The summed E-state index contributed by atoms with van der Waals surface area (Å²) in [5.74, 6) is 2.29. The summed E-state index contributed by atoms with van der Waals surface area (Å²) in [6, 6.07) is 0. The highest BCUT2D eigenvalue weighted by molar-refractivity contribution is 5.73. The van der Waals surface area contributed by atoms with Gasteiger partial charge >= 0.3 is 0 Å². The molecule has 4 heteroatoms. The molecule has 0 bridgehead atoms. The molecule has 1 aromatic heterocycles. The first-order valence-electron chi connectivity index (χ1n) is 6.59. The van der Waals surface area contributed by atoms with E-state index in [4.69, 9.17) is 4.42 Å². The van der Waals surface area contributed by atoms with Crippen molar-refractivity contribution in [2.45, 2.75) is 51.9 Å². The molecule has 100 valence electrons. The van der Waals surface area contributed by atoms with Crippen LogP contribution in [0.3, 0.4) is 0 Å². The third-order valence-corrected chi connectivity index (χ3v) is 3.55. The summed E-state index contributed by atoms with van der Waals surface area (Å²) in [4.78, 5) is 17.6. The first-order chi connectivity index (χ1) is 8.38. The molecule has 1 fully saturated rings. The van der Waals surface area contributed by atoms with Crippen LogP contribution in [-0.4, -0.2) is 28.9 Å². The van der Waals surface area contributed by atoms with E-state index in [9.17, 15) is 4.79 Å². The van der Waals surface area contributed by atoms with Gasteiger partial charge in [-0.1, -0.05) is 20.8 Å². The number of rotatable bonds is 1. The van der Waals surface area contributed by atoms with Crippen LogP contribution in [0.1, 0.15) is 58.1 Å². The Balaban J connectivity index is 2.02. The van der Waals surface area contributed by atoms with Gasteiger partial charge in [0.2, 0.25) is 5.91 Å². The van der Waals surface area contributed by atoms with Crippen molar-refractivity contribution < 1.29 is 9.21 Å². The van der Waals surface area contributed by atoms with E-state index in [-0.39, 0.29) is 11.3 Å². The maximum absolute atomic E-state index is 11.3. The zero-order chi connectivity index (χ0) is 13.3. The molecule has 1 aliphatic heterocycles. The number of carbonyl (C=O) groups excluding carboxylic acids is 1. The quantitative estimate of drug-likeness (QED) is 0.770. The minimum absolute atomic E-state index is 0.00529. The van der Waals surface area contributed by atoms with Gasteiger partial charge in [0, 0.05) is 31.3 Å². The molecule has 1 saturated heterocycles. The van der Waals surface area contributed by atoms with Crippen LogP contribution in [0, 0.1) is 0 Å². The van der Waals surface area contributed by atoms with Gasteiger partial charge < -0.3 is 9.32 Å². The number of hydrogen-bond donors (Lipinski definition) is 0. The summed E-state index contributed by atoms with van der Waals surface area (Å²) in [7, 11) is 0. The number of hydrogen-bond acceptors (Lipinski definition) is 3. The van der Waals surface area contributed by atoms with Gasteiger partial charge in [-0.25, -0.2) is 4.98 Å². The largest absolute Gasteiger partial charge is 0.445 e. The molecule has 0 saturated carbocycles. The molecule has 4 nitrogen and oxygen atoms in total. The van der Waals surface area contributed by atoms with Crippen molar-refractivity contribution in [3.63, 3.8) is 0 Å². The van der Waals surface area contributed by atoms with Crippen LogP contribution in [0.15, 0.2) is 10.6 Å². The lowest BCUT2D eigenvalue weighted by atomic mass is 9.94. The van der Waals surface area contributed by atoms with E-state index in [1.165, 1.54) is 0 Å². The number of likely N-dealkylation sites (tertiary alicyclic amines) is 1. The second-order valence-electron chi connectivity index (χ2n) is 6.09. The highest BCUT2D eigenvalue weighted by Gasteiger charge is 2.27. The zero-order valence-electron chi connectivity index (χ0n) is 11.7. The van der Waals surface area contributed by atoms with Crippen LogP contribution in [0.4, 0.5) is 0 Å². The van der Waals surface area contributed by atoms with Gasteiger partial charge in [0.1, 0.15) is 5.76 Å². The van der Waals surface area contributed by atoms with Crippen LogP contribution in [0.2, 0.25) is 0 Å². The number of carbonyl (C=O) groups is 1. The monoisotopic (exact) mass is 250 g/mol. The number of piperidine rings is 1. The molecule has 1 amide bonds. The molecule has 1 aliphatic rings. The number of aromatic nitrogens is 1. The van der Waals surface area contributed by atoms with E-state index in [0.29, 0.717) is 5.92 Å². The average Bonchev–Trinajstić information content (AvgIpc) is 2.78. The van der Waals surface area contributed by atoms with Crippen molar-refractivity contribution in [3.8, 4) is 0 Å². The molecule has 0 unspecified atom stereocenters. The number of oxazole rings is 1. The van der Waals surface area contributed by atoms with Gasteiger partial charge in [-0.15, -0.1) is 0 Å². The lowest BCUT2D eigenvalue weighted by Crippen LogP contribution is -2.36. The van der Waals surface area contributed by atoms with Gasteiger partial charge in [0.15, 0.2) is 5.89 Å². The van der Waals surface area contributed by atoms with Crippen molar-refractivity contribution in [2.75, 3.05) is 13.1 Å². The van der Waals surface area contributed by atoms with E-state index in [0.717, 1.165) is 37.6 Å². The van der Waals surface area contributed by atoms with Gasteiger partial charge in [0.05, 0.1) is 6.20 Å². The van der Waals surface area contributed by atoms with Crippen LogP contribution >= 0.6 is 0 Å². The van der Waals surface area contributed by atoms with Crippen molar-refractivity contribution in [1.82, 2.24) is 9.88 Å². The van der Waals surface area contributed by atoms with Crippen LogP contribution in [0.5, 0.6) is 0 Å². The summed E-state index contributed by atoms with van der Waals surface area (Å²) in [5, 5.41) is 0. The fourth-order valence-electron chi connectivity index (χ4n) is 2.26. The molecule has 0 radical (unpaired) electrons. The van der Waals surface area contributed by atoms with Gasteiger partial charge in [-0.3, -0.25) is 4.79 Å². The third-order valence-electron chi connectivity index (χ3n) is 3.55. The Hall–Kier alpha value is -1.32. The predicted octanol–water partition coefficient (Wildman–Crippen LogP) is 2.70. The Labute approximate surface area is 108 Å². The van der Waals surface area contributed by atoms with E-state index in [2.05, 4.69) is 25.8 Å². The van der Waals surface area contributed by atoms with Crippen molar-refractivity contribution in [2.24, 2.45) is 0 Å². The fraction of sp³-hybridized carbons (Fsp3) is 0.714. The average molecular weight is 250 g/mol. The fourth-order valence-corrected chi connectivity index (χ4v) is 2.26. The van der Waals surface area contributed by atoms with Crippen LogP contribution in [0.25, 0.3) is 0 Å². The van der Waals surface area contributed by atoms with Gasteiger partial charge in [-0.2, -0.15) is 0 Å². The third kappa shape index (κ3) is 2.74. The molecule has 0 atom stereocenters. The Kier molecular flexibility index (Phi) is 3.46. The topological polar surface area (TPSA) is 46.3 Å². The molecule has 1 aromatic rings. The molecular weight excluding hydrogens is 228 g/mol. The zero-order valence-corrected chi connectivity index (χ0v) is 11.7. The maximum Gasteiger partial charge on any atom is 0.219 e. The lowest BCUT2D eigenvalue weighted by Gasteiger charge is -2.29. The normalized spacial score (nSPS) is 18.1. The van der Waals surface area contributed by atoms with E-state index < -0.39 is 0 Å². The Morgan fingerprint density at radius 1 is 1.39 bits per heavy atom. The van der Waals surface area contributed by atoms with Crippen LogP contribution < -0.4 is 0 Å². The summed E-state index contributed by atoms with van der Waals surface area (Å²) in [6.07, 6.45) is 3.74.